The van der Waals surface area contributed by atoms with Gasteiger partial charge in [0.2, 0.25) is 5.91 Å². The summed E-state index contributed by atoms with van der Waals surface area (Å²) in [5, 5.41) is 2.78. The molecule has 0 radical (unpaired) electrons. The van der Waals surface area contributed by atoms with Gasteiger partial charge >= 0.3 is 0 Å². The first-order chi connectivity index (χ1) is 7.74. The maximum absolute atomic E-state index is 11.5. The Kier molecular flexibility index (Phi) is 2.90. The van der Waals surface area contributed by atoms with Gasteiger partial charge in [0.05, 0.1) is 7.11 Å². The number of hydrogen-bond acceptors (Lipinski definition) is 3. The molecule has 0 aromatic heterocycles. The van der Waals surface area contributed by atoms with Gasteiger partial charge in [0.15, 0.2) is 0 Å². The summed E-state index contributed by atoms with van der Waals surface area (Å²) < 4.78 is 5.13. The highest BCUT2D eigenvalue weighted by molar-refractivity contribution is 6.13. The number of hydrogen-bond donors (Lipinski definition) is 1. The van der Waals surface area contributed by atoms with Crippen LogP contribution in [0.5, 0.6) is 5.75 Å². The molecule has 1 aliphatic heterocycles. The minimum atomic E-state index is -0.249. The van der Waals surface area contributed by atoms with Crippen molar-refractivity contribution < 1.29 is 9.53 Å². The van der Waals surface area contributed by atoms with Crippen molar-refractivity contribution in [3.8, 4) is 5.75 Å². The SMILES string of the molecule is CCC1N=C(c2cccc(OC)c2)NC1=O. The molecular weight excluding hydrogens is 204 g/mol. The molecule has 0 bridgehead atoms. The van der Waals surface area contributed by atoms with Crippen LogP contribution >= 0.6 is 0 Å². The molecule has 1 unspecified atom stereocenters. The molecular formula is C12H14N2O2. The fourth-order valence-electron chi connectivity index (χ4n) is 1.64. The number of carbonyl (C=O) groups is 1. The van der Waals surface area contributed by atoms with Crippen LogP contribution in [0.25, 0.3) is 0 Å². The average Bonchev–Trinajstić information content (AvgIpc) is 2.71. The van der Waals surface area contributed by atoms with Crippen molar-refractivity contribution in [3.63, 3.8) is 0 Å². The molecule has 4 heteroatoms. The van der Waals surface area contributed by atoms with E-state index in [0.717, 1.165) is 17.7 Å². The first-order valence-electron chi connectivity index (χ1n) is 5.27. The Labute approximate surface area is 94.3 Å². The van der Waals surface area contributed by atoms with Gasteiger partial charge in [-0.1, -0.05) is 19.1 Å². The van der Waals surface area contributed by atoms with Crippen LogP contribution in [-0.4, -0.2) is 24.9 Å². The highest BCUT2D eigenvalue weighted by Crippen LogP contribution is 2.16. The summed E-state index contributed by atoms with van der Waals surface area (Å²) in [7, 11) is 1.61. The number of ether oxygens (including phenoxy) is 1. The Balaban J connectivity index is 2.28. The summed E-state index contributed by atoms with van der Waals surface area (Å²) in [6.45, 7) is 1.95. The van der Waals surface area contributed by atoms with Gasteiger partial charge in [-0.15, -0.1) is 0 Å². The van der Waals surface area contributed by atoms with Crippen LogP contribution in [0.15, 0.2) is 29.3 Å². The van der Waals surface area contributed by atoms with E-state index < -0.39 is 0 Å². The van der Waals surface area contributed by atoms with Gasteiger partial charge in [0.25, 0.3) is 0 Å². The third-order valence-electron chi connectivity index (χ3n) is 2.56. The second-order valence-corrected chi connectivity index (χ2v) is 3.62. The Morgan fingerprint density at radius 3 is 2.94 bits per heavy atom. The lowest BCUT2D eigenvalue weighted by molar-refractivity contribution is -0.120. The number of nitrogens with one attached hydrogen (secondary N) is 1. The lowest BCUT2D eigenvalue weighted by Crippen LogP contribution is -2.28. The van der Waals surface area contributed by atoms with Crippen molar-refractivity contribution in [2.75, 3.05) is 7.11 Å². The zero-order valence-corrected chi connectivity index (χ0v) is 9.36. The van der Waals surface area contributed by atoms with E-state index in [1.165, 1.54) is 0 Å². The second kappa shape index (κ2) is 4.35. The predicted molar refractivity (Wildman–Crippen MR) is 61.8 cm³/mol. The molecule has 1 aromatic rings. The molecule has 16 heavy (non-hydrogen) atoms. The summed E-state index contributed by atoms with van der Waals surface area (Å²) >= 11 is 0. The third-order valence-corrected chi connectivity index (χ3v) is 2.56. The van der Waals surface area contributed by atoms with Gasteiger partial charge in [-0.05, 0) is 18.6 Å². The number of methoxy groups -OCH3 is 1. The van der Waals surface area contributed by atoms with Crippen LogP contribution in [0.2, 0.25) is 0 Å². The highest BCUT2D eigenvalue weighted by atomic mass is 16.5. The van der Waals surface area contributed by atoms with Gasteiger partial charge < -0.3 is 10.1 Å². The first-order valence-corrected chi connectivity index (χ1v) is 5.27. The van der Waals surface area contributed by atoms with Crippen molar-refractivity contribution >= 4 is 11.7 Å². The molecule has 2 rings (SSSR count). The van der Waals surface area contributed by atoms with E-state index in [1.807, 2.05) is 31.2 Å². The molecule has 1 atom stereocenters. The second-order valence-electron chi connectivity index (χ2n) is 3.62. The third kappa shape index (κ3) is 1.91. The van der Waals surface area contributed by atoms with Crippen LogP contribution in [0.1, 0.15) is 18.9 Å². The van der Waals surface area contributed by atoms with Crippen molar-refractivity contribution in [1.82, 2.24) is 5.32 Å². The Morgan fingerprint density at radius 1 is 1.50 bits per heavy atom. The minimum Gasteiger partial charge on any atom is -0.497 e. The van der Waals surface area contributed by atoms with Crippen LogP contribution in [-0.2, 0) is 4.79 Å². The molecule has 0 saturated carbocycles. The number of nitrogens with zero attached hydrogens (tertiary/aromatic N) is 1. The summed E-state index contributed by atoms with van der Waals surface area (Å²) in [6, 6.07) is 7.25. The lowest BCUT2D eigenvalue weighted by atomic mass is 10.2. The topological polar surface area (TPSA) is 50.7 Å². The van der Waals surface area contributed by atoms with E-state index in [1.54, 1.807) is 7.11 Å². The fraction of sp³-hybridized carbons (Fsp3) is 0.333. The van der Waals surface area contributed by atoms with Crippen LogP contribution < -0.4 is 10.1 Å². The minimum absolute atomic E-state index is 0.0275. The Hall–Kier alpha value is -1.84. The summed E-state index contributed by atoms with van der Waals surface area (Å²) in [6.07, 6.45) is 0.722. The average molecular weight is 218 g/mol. The van der Waals surface area contributed by atoms with Crippen molar-refractivity contribution in [1.29, 1.82) is 0 Å². The Morgan fingerprint density at radius 2 is 2.31 bits per heavy atom. The molecule has 0 spiro atoms. The van der Waals surface area contributed by atoms with Crippen molar-refractivity contribution in [2.45, 2.75) is 19.4 Å². The van der Waals surface area contributed by atoms with Crippen LogP contribution in [0, 0.1) is 0 Å². The maximum atomic E-state index is 11.5. The van der Waals surface area contributed by atoms with Gasteiger partial charge in [-0.2, -0.15) is 0 Å². The number of aliphatic imine (C=N–C) groups is 1. The van der Waals surface area contributed by atoms with Crippen LogP contribution in [0.4, 0.5) is 0 Å². The molecule has 84 valence electrons. The number of rotatable bonds is 3. The molecule has 0 fully saturated rings. The molecule has 1 aromatic carbocycles. The normalized spacial score (nSPS) is 19.2. The van der Waals surface area contributed by atoms with Gasteiger partial charge in [0.1, 0.15) is 17.6 Å². The standard InChI is InChI=1S/C12H14N2O2/c1-3-10-12(15)14-11(13-10)8-5-4-6-9(7-8)16-2/h4-7,10H,3H2,1-2H3,(H,13,14,15). The molecule has 0 aliphatic carbocycles. The number of amides is 1. The molecule has 1 amide bonds. The molecule has 1 heterocycles. The molecule has 4 nitrogen and oxygen atoms in total. The largest absolute Gasteiger partial charge is 0.497 e. The van der Waals surface area contributed by atoms with E-state index in [2.05, 4.69) is 10.3 Å². The lowest BCUT2D eigenvalue weighted by Gasteiger charge is -2.03. The van der Waals surface area contributed by atoms with Gasteiger partial charge in [-0.25, -0.2) is 0 Å². The molecule has 1 aliphatic rings. The summed E-state index contributed by atoms with van der Waals surface area (Å²) in [5.41, 5.74) is 0.878. The van der Waals surface area contributed by atoms with Crippen LogP contribution in [0.3, 0.4) is 0 Å². The highest BCUT2D eigenvalue weighted by Gasteiger charge is 2.25. The summed E-state index contributed by atoms with van der Waals surface area (Å²) in [4.78, 5) is 15.8. The number of benzene rings is 1. The van der Waals surface area contributed by atoms with Gasteiger partial charge in [-0.3, -0.25) is 9.79 Å². The maximum Gasteiger partial charge on any atom is 0.250 e. The predicted octanol–water partition coefficient (Wildman–Crippen LogP) is 1.35. The number of amidine groups is 1. The van der Waals surface area contributed by atoms with Gasteiger partial charge in [0, 0.05) is 5.56 Å². The van der Waals surface area contributed by atoms with E-state index in [4.69, 9.17) is 4.74 Å². The monoisotopic (exact) mass is 218 g/mol. The smallest absolute Gasteiger partial charge is 0.250 e. The van der Waals surface area contributed by atoms with Crippen molar-refractivity contribution in [3.05, 3.63) is 29.8 Å². The van der Waals surface area contributed by atoms with E-state index in [9.17, 15) is 4.79 Å². The summed E-state index contributed by atoms with van der Waals surface area (Å²) in [5.74, 6) is 1.37. The zero-order valence-electron chi connectivity index (χ0n) is 9.36. The Bertz CT molecular complexity index is 440. The van der Waals surface area contributed by atoms with E-state index in [-0.39, 0.29) is 11.9 Å². The molecule has 0 saturated heterocycles. The van der Waals surface area contributed by atoms with E-state index >= 15 is 0 Å². The van der Waals surface area contributed by atoms with E-state index in [0.29, 0.717) is 5.84 Å². The number of carbonyl (C=O) groups excluding carboxylic acids is 1. The van der Waals surface area contributed by atoms with Crippen molar-refractivity contribution in [2.24, 2.45) is 4.99 Å². The molecule has 1 N–H and O–H groups in total. The first kappa shape index (κ1) is 10.7. The fourth-order valence-corrected chi connectivity index (χ4v) is 1.64. The zero-order chi connectivity index (χ0) is 11.5. The quantitative estimate of drug-likeness (QED) is 0.832.